The molecular formula is C18H30N2O. The summed E-state index contributed by atoms with van der Waals surface area (Å²) in [7, 11) is 2.15. The van der Waals surface area contributed by atoms with E-state index in [0.717, 1.165) is 19.6 Å². The van der Waals surface area contributed by atoms with E-state index in [4.69, 9.17) is 4.74 Å². The molecule has 1 heterocycles. The Morgan fingerprint density at radius 3 is 2.52 bits per heavy atom. The molecule has 0 aromatic heterocycles. The summed E-state index contributed by atoms with van der Waals surface area (Å²) in [6, 6.07) is 8.71. The SMILES string of the molecule is Cc1ccc(N(C)CC2CCC(CNCC(C)C)O2)cc1. The summed E-state index contributed by atoms with van der Waals surface area (Å²) >= 11 is 0. The minimum Gasteiger partial charge on any atom is -0.372 e. The van der Waals surface area contributed by atoms with Gasteiger partial charge in [-0.25, -0.2) is 0 Å². The molecule has 1 aliphatic heterocycles. The summed E-state index contributed by atoms with van der Waals surface area (Å²) in [5, 5.41) is 3.50. The van der Waals surface area contributed by atoms with Gasteiger partial charge in [0.2, 0.25) is 0 Å². The fraction of sp³-hybridized carbons (Fsp3) is 0.667. The number of rotatable bonds is 7. The third-order valence-corrected chi connectivity index (χ3v) is 4.07. The van der Waals surface area contributed by atoms with Gasteiger partial charge in [-0.15, -0.1) is 0 Å². The predicted octanol–water partition coefficient (Wildman–Crippen LogP) is 3.22. The first-order valence-corrected chi connectivity index (χ1v) is 8.18. The maximum Gasteiger partial charge on any atom is 0.0755 e. The van der Waals surface area contributed by atoms with Gasteiger partial charge in [-0.1, -0.05) is 31.5 Å². The van der Waals surface area contributed by atoms with Crippen LogP contribution in [0.3, 0.4) is 0 Å². The van der Waals surface area contributed by atoms with Crippen LogP contribution in [0.4, 0.5) is 5.69 Å². The first-order valence-electron chi connectivity index (χ1n) is 8.18. The van der Waals surface area contributed by atoms with E-state index >= 15 is 0 Å². The molecule has 2 unspecified atom stereocenters. The minimum atomic E-state index is 0.363. The number of aryl methyl sites for hydroxylation is 1. The second kappa shape index (κ2) is 7.81. The molecule has 0 amide bonds. The Balaban J connectivity index is 1.73. The zero-order valence-electron chi connectivity index (χ0n) is 13.9. The quantitative estimate of drug-likeness (QED) is 0.834. The van der Waals surface area contributed by atoms with E-state index < -0.39 is 0 Å². The molecule has 0 saturated carbocycles. The molecule has 1 aliphatic rings. The van der Waals surface area contributed by atoms with Crippen LogP contribution in [0.5, 0.6) is 0 Å². The van der Waals surface area contributed by atoms with Crippen molar-refractivity contribution in [2.24, 2.45) is 5.92 Å². The van der Waals surface area contributed by atoms with Crippen LogP contribution in [0.15, 0.2) is 24.3 Å². The highest BCUT2D eigenvalue weighted by molar-refractivity contribution is 5.46. The maximum absolute atomic E-state index is 6.15. The van der Waals surface area contributed by atoms with Gasteiger partial charge in [-0.05, 0) is 44.4 Å². The normalized spacial score (nSPS) is 22.0. The van der Waals surface area contributed by atoms with Crippen molar-refractivity contribution in [3.8, 4) is 0 Å². The van der Waals surface area contributed by atoms with E-state index in [-0.39, 0.29) is 0 Å². The molecule has 21 heavy (non-hydrogen) atoms. The van der Waals surface area contributed by atoms with Crippen LogP contribution in [-0.2, 0) is 4.74 Å². The zero-order chi connectivity index (χ0) is 15.2. The van der Waals surface area contributed by atoms with Crippen molar-refractivity contribution in [1.82, 2.24) is 5.32 Å². The fourth-order valence-corrected chi connectivity index (χ4v) is 2.81. The molecular weight excluding hydrogens is 260 g/mol. The molecule has 1 N–H and O–H groups in total. The molecule has 1 fully saturated rings. The van der Waals surface area contributed by atoms with Gasteiger partial charge in [0.15, 0.2) is 0 Å². The van der Waals surface area contributed by atoms with E-state index in [1.807, 2.05) is 0 Å². The van der Waals surface area contributed by atoms with Gasteiger partial charge in [0.25, 0.3) is 0 Å². The molecule has 0 bridgehead atoms. The molecule has 0 aliphatic carbocycles. The number of ether oxygens (including phenoxy) is 1. The minimum absolute atomic E-state index is 0.363. The standard InChI is InChI=1S/C18H30N2O/c1-14(2)11-19-12-17-9-10-18(21-17)13-20(4)16-7-5-15(3)6-8-16/h5-8,14,17-19H,9-13H2,1-4H3. The van der Waals surface area contributed by atoms with Crippen LogP contribution in [0.2, 0.25) is 0 Å². The molecule has 118 valence electrons. The highest BCUT2D eigenvalue weighted by Gasteiger charge is 2.25. The van der Waals surface area contributed by atoms with Crippen LogP contribution in [0.25, 0.3) is 0 Å². The lowest BCUT2D eigenvalue weighted by atomic mass is 10.1. The Morgan fingerprint density at radius 2 is 1.86 bits per heavy atom. The maximum atomic E-state index is 6.15. The van der Waals surface area contributed by atoms with Crippen LogP contribution in [0, 0.1) is 12.8 Å². The monoisotopic (exact) mass is 290 g/mol. The van der Waals surface area contributed by atoms with Gasteiger partial charge in [-0.3, -0.25) is 0 Å². The van der Waals surface area contributed by atoms with Crippen LogP contribution >= 0.6 is 0 Å². The fourth-order valence-electron chi connectivity index (χ4n) is 2.81. The zero-order valence-corrected chi connectivity index (χ0v) is 13.9. The van der Waals surface area contributed by atoms with Crippen LogP contribution in [-0.4, -0.2) is 38.9 Å². The smallest absolute Gasteiger partial charge is 0.0755 e. The summed E-state index contributed by atoms with van der Waals surface area (Å²) < 4.78 is 6.15. The van der Waals surface area contributed by atoms with E-state index in [9.17, 15) is 0 Å². The lowest BCUT2D eigenvalue weighted by Gasteiger charge is -2.23. The van der Waals surface area contributed by atoms with Crippen molar-refractivity contribution in [2.75, 3.05) is 31.6 Å². The first kappa shape index (κ1) is 16.3. The van der Waals surface area contributed by atoms with Crippen LogP contribution < -0.4 is 10.2 Å². The van der Waals surface area contributed by atoms with Crippen LogP contribution in [0.1, 0.15) is 32.3 Å². The second-order valence-electron chi connectivity index (χ2n) is 6.73. The number of nitrogens with zero attached hydrogens (tertiary/aromatic N) is 1. The lowest BCUT2D eigenvalue weighted by molar-refractivity contribution is 0.0497. The van der Waals surface area contributed by atoms with Crippen molar-refractivity contribution in [3.63, 3.8) is 0 Å². The van der Waals surface area contributed by atoms with Gasteiger partial charge in [0.05, 0.1) is 12.2 Å². The second-order valence-corrected chi connectivity index (χ2v) is 6.73. The molecule has 0 radical (unpaired) electrons. The molecule has 1 aromatic rings. The Kier molecular flexibility index (Phi) is 6.07. The highest BCUT2D eigenvalue weighted by atomic mass is 16.5. The van der Waals surface area contributed by atoms with E-state index in [2.05, 4.69) is 62.3 Å². The predicted molar refractivity (Wildman–Crippen MR) is 90.1 cm³/mol. The number of nitrogens with one attached hydrogen (secondary N) is 1. The van der Waals surface area contributed by atoms with Crippen molar-refractivity contribution in [1.29, 1.82) is 0 Å². The Morgan fingerprint density at radius 1 is 1.19 bits per heavy atom. The van der Waals surface area contributed by atoms with E-state index in [1.165, 1.54) is 24.1 Å². The molecule has 3 nitrogen and oxygen atoms in total. The van der Waals surface area contributed by atoms with Gasteiger partial charge >= 0.3 is 0 Å². The highest BCUT2D eigenvalue weighted by Crippen LogP contribution is 2.22. The van der Waals surface area contributed by atoms with E-state index in [1.54, 1.807) is 0 Å². The third kappa shape index (κ3) is 5.33. The molecule has 1 saturated heterocycles. The van der Waals surface area contributed by atoms with Crippen molar-refractivity contribution in [2.45, 2.75) is 45.8 Å². The summed E-state index contributed by atoms with van der Waals surface area (Å²) in [6.07, 6.45) is 3.10. The van der Waals surface area contributed by atoms with Gasteiger partial charge in [0, 0.05) is 25.8 Å². The number of likely N-dealkylation sites (N-methyl/N-ethyl adjacent to an activating group) is 1. The molecule has 2 atom stereocenters. The number of hydrogen-bond acceptors (Lipinski definition) is 3. The molecule has 1 aromatic carbocycles. The Hall–Kier alpha value is -1.06. The number of hydrogen-bond donors (Lipinski definition) is 1. The van der Waals surface area contributed by atoms with E-state index in [0.29, 0.717) is 18.1 Å². The number of benzene rings is 1. The molecule has 2 rings (SSSR count). The van der Waals surface area contributed by atoms with Crippen molar-refractivity contribution >= 4 is 5.69 Å². The summed E-state index contributed by atoms with van der Waals surface area (Å²) in [6.45, 7) is 9.64. The Labute approximate surface area is 129 Å². The third-order valence-electron chi connectivity index (χ3n) is 4.07. The van der Waals surface area contributed by atoms with Crippen molar-refractivity contribution in [3.05, 3.63) is 29.8 Å². The molecule has 3 heteroatoms. The summed E-state index contributed by atoms with van der Waals surface area (Å²) in [5.74, 6) is 0.704. The largest absolute Gasteiger partial charge is 0.372 e. The molecule has 0 spiro atoms. The van der Waals surface area contributed by atoms with Crippen molar-refractivity contribution < 1.29 is 4.74 Å². The van der Waals surface area contributed by atoms with Gasteiger partial charge in [-0.2, -0.15) is 0 Å². The summed E-state index contributed by atoms with van der Waals surface area (Å²) in [5.41, 5.74) is 2.58. The number of anilines is 1. The van der Waals surface area contributed by atoms with Gasteiger partial charge in [0.1, 0.15) is 0 Å². The topological polar surface area (TPSA) is 24.5 Å². The Bertz CT molecular complexity index is 416. The lowest BCUT2D eigenvalue weighted by Crippen LogP contribution is -2.32. The summed E-state index contributed by atoms with van der Waals surface area (Å²) in [4.78, 5) is 2.30. The average Bonchev–Trinajstić information content (AvgIpc) is 2.86. The van der Waals surface area contributed by atoms with Gasteiger partial charge < -0.3 is 15.0 Å². The average molecular weight is 290 g/mol. The first-order chi connectivity index (χ1) is 10.0.